The van der Waals surface area contributed by atoms with Gasteiger partial charge in [-0.15, -0.1) is 0 Å². The molecule has 0 aliphatic rings. The molecule has 0 bridgehead atoms. The number of alkyl halides is 3. The second kappa shape index (κ2) is 5.37. The smallest absolute Gasteiger partial charge is 0.362 e. The highest BCUT2D eigenvalue weighted by Gasteiger charge is 2.28. The van der Waals surface area contributed by atoms with Gasteiger partial charge in [0.2, 0.25) is 0 Å². The zero-order chi connectivity index (χ0) is 12.9. The van der Waals surface area contributed by atoms with Crippen LogP contribution in [0.1, 0.15) is 6.42 Å². The Morgan fingerprint density at radius 1 is 1.12 bits per heavy atom. The second-order valence-electron chi connectivity index (χ2n) is 2.99. The quantitative estimate of drug-likeness (QED) is 0.823. The van der Waals surface area contributed by atoms with Gasteiger partial charge in [0.15, 0.2) is 0 Å². The number of hydrogen-bond donors (Lipinski definition) is 0. The lowest BCUT2D eigenvalue weighted by Crippen LogP contribution is -2.18. The zero-order valence-corrected chi connectivity index (χ0v) is 9.29. The molecule has 0 N–H and O–H groups in total. The zero-order valence-electron chi connectivity index (χ0n) is 8.48. The summed E-state index contributed by atoms with van der Waals surface area (Å²) >= 11 is 0. The number of rotatable bonds is 5. The van der Waals surface area contributed by atoms with Crippen molar-refractivity contribution in [3.8, 4) is 5.75 Å². The average molecular weight is 270 g/mol. The average Bonchev–Trinajstić information content (AvgIpc) is 2.15. The fourth-order valence-corrected chi connectivity index (χ4v) is 1.56. The van der Waals surface area contributed by atoms with Crippen LogP contribution >= 0.6 is 0 Å². The molecule has 1 aromatic rings. The first kappa shape index (κ1) is 13.8. The second-order valence-corrected chi connectivity index (χ2v) is 4.21. The molecular formula is C9H9F3O4S. The molecule has 0 atom stereocenters. The Kier molecular flexibility index (Phi) is 4.35. The van der Waals surface area contributed by atoms with Crippen LogP contribution in [0, 0.1) is 0 Å². The fourth-order valence-electron chi connectivity index (χ4n) is 0.877. The van der Waals surface area contributed by atoms with Crippen molar-refractivity contribution in [1.29, 1.82) is 0 Å². The first-order chi connectivity index (χ1) is 7.79. The minimum Gasteiger partial charge on any atom is -0.362 e. The maximum atomic E-state index is 11.7. The van der Waals surface area contributed by atoms with Crippen molar-refractivity contribution in [2.24, 2.45) is 0 Å². The van der Waals surface area contributed by atoms with Gasteiger partial charge in [-0.05, 0) is 12.1 Å². The molecule has 0 saturated heterocycles. The third kappa shape index (κ3) is 6.12. The topological polar surface area (TPSA) is 52.6 Å². The first-order valence-electron chi connectivity index (χ1n) is 4.49. The van der Waals surface area contributed by atoms with E-state index in [1.807, 2.05) is 0 Å². The molecule has 17 heavy (non-hydrogen) atoms. The van der Waals surface area contributed by atoms with Crippen molar-refractivity contribution in [1.82, 2.24) is 0 Å². The Morgan fingerprint density at radius 2 is 1.71 bits per heavy atom. The van der Waals surface area contributed by atoms with Gasteiger partial charge in [-0.3, -0.25) is 0 Å². The van der Waals surface area contributed by atoms with Gasteiger partial charge >= 0.3 is 16.6 Å². The SMILES string of the molecule is O=S(=O)(OCCC(F)(F)F)Oc1ccccc1. The molecular weight excluding hydrogens is 261 g/mol. The van der Waals surface area contributed by atoms with Crippen molar-refractivity contribution in [2.45, 2.75) is 12.6 Å². The lowest BCUT2D eigenvalue weighted by atomic mass is 10.3. The van der Waals surface area contributed by atoms with E-state index in [-0.39, 0.29) is 5.75 Å². The standard InChI is InChI=1S/C9H9F3O4S/c10-9(11,12)6-7-15-17(13,14)16-8-4-2-1-3-5-8/h1-5H,6-7H2. The summed E-state index contributed by atoms with van der Waals surface area (Å²) in [6.45, 7) is -1.00. The maximum Gasteiger partial charge on any atom is 0.449 e. The van der Waals surface area contributed by atoms with Crippen molar-refractivity contribution in [3.05, 3.63) is 30.3 Å². The van der Waals surface area contributed by atoms with Crippen LogP contribution in [0.3, 0.4) is 0 Å². The largest absolute Gasteiger partial charge is 0.449 e. The van der Waals surface area contributed by atoms with Gasteiger partial charge in [0.1, 0.15) is 5.75 Å². The summed E-state index contributed by atoms with van der Waals surface area (Å²) < 4.78 is 65.8. The van der Waals surface area contributed by atoms with E-state index < -0.39 is 29.6 Å². The molecule has 0 aliphatic heterocycles. The number of benzene rings is 1. The molecule has 1 aromatic carbocycles. The minimum atomic E-state index is -4.47. The van der Waals surface area contributed by atoms with Gasteiger partial charge < -0.3 is 4.18 Å². The van der Waals surface area contributed by atoms with Crippen LogP contribution in [-0.4, -0.2) is 21.2 Å². The van der Waals surface area contributed by atoms with Crippen LogP contribution < -0.4 is 4.18 Å². The molecule has 0 unspecified atom stereocenters. The Balaban J connectivity index is 2.48. The van der Waals surface area contributed by atoms with Gasteiger partial charge in [0.25, 0.3) is 0 Å². The van der Waals surface area contributed by atoms with E-state index >= 15 is 0 Å². The van der Waals surface area contributed by atoms with E-state index in [9.17, 15) is 21.6 Å². The third-order valence-corrected chi connectivity index (χ3v) is 2.41. The molecule has 0 radical (unpaired) electrons. The van der Waals surface area contributed by atoms with Gasteiger partial charge in [-0.1, -0.05) is 18.2 Å². The van der Waals surface area contributed by atoms with Crippen molar-refractivity contribution >= 4 is 10.4 Å². The van der Waals surface area contributed by atoms with Gasteiger partial charge in [-0.2, -0.15) is 21.6 Å². The third-order valence-electron chi connectivity index (χ3n) is 1.55. The molecule has 0 saturated carbocycles. The molecule has 0 amide bonds. The molecule has 4 nitrogen and oxygen atoms in total. The number of halogens is 3. The Morgan fingerprint density at radius 3 is 2.24 bits per heavy atom. The molecule has 0 fully saturated rings. The van der Waals surface area contributed by atoms with Crippen LogP contribution in [0.2, 0.25) is 0 Å². The summed E-state index contributed by atoms with van der Waals surface area (Å²) in [6.07, 6.45) is -5.83. The number of para-hydroxylation sites is 1. The lowest BCUT2D eigenvalue weighted by Gasteiger charge is -2.08. The van der Waals surface area contributed by atoms with E-state index in [4.69, 9.17) is 0 Å². The highest BCUT2D eigenvalue weighted by Crippen LogP contribution is 2.20. The molecule has 0 aliphatic carbocycles. The summed E-state index contributed by atoms with van der Waals surface area (Å²) in [4.78, 5) is 0. The van der Waals surface area contributed by atoms with Crippen LogP contribution in [0.25, 0.3) is 0 Å². The van der Waals surface area contributed by atoms with E-state index in [0.29, 0.717) is 0 Å². The van der Waals surface area contributed by atoms with Crippen LogP contribution in [0.4, 0.5) is 13.2 Å². The lowest BCUT2D eigenvalue weighted by molar-refractivity contribution is -0.139. The molecule has 0 spiro atoms. The highest BCUT2D eigenvalue weighted by molar-refractivity contribution is 7.82. The van der Waals surface area contributed by atoms with Crippen molar-refractivity contribution < 1.29 is 30.0 Å². The van der Waals surface area contributed by atoms with E-state index in [1.54, 1.807) is 6.07 Å². The Labute approximate surface area is 96.3 Å². The van der Waals surface area contributed by atoms with E-state index in [2.05, 4.69) is 8.37 Å². The summed E-state index contributed by atoms with van der Waals surface area (Å²) in [5.41, 5.74) is 0. The summed E-state index contributed by atoms with van der Waals surface area (Å²) in [6, 6.07) is 7.33. The Hall–Kier alpha value is -1.28. The monoisotopic (exact) mass is 270 g/mol. The minimum absolute atomic E-state index is 0.0282. The summed E-state index contributed by atoms with van der Waals surface area (Å²) in [5.74, 6) is -0.0282. The van der Waals surface area contributed by atoms with Crippen LogP contribution in [-0.2, 0) is 14.6 Å². The molecule has 8 heteroatoms. The first-order valence-corrected chi connectivity index (χ1v) is 5.82. The maximum absolute atomic E-state index is 11.7. The molecule has 0 aromatic heterocycles. The van der Waals surface area contributed by atoms with Crippen molar-refractivity contribution in [2.75, 3.05) is 6.61 Å². The molecule has 0 heterocycles. The predicted octanol–water partition coefficient (Wildman–Crippen LogP) is 2.28. The normalized spacial score (nSPS) is 12.4. The Bertz CT molecular complexity index is 441. The van der Waals surface area contributed by atoms with Crippen molar-refractivity contribution in [3.63, 3.8) is 0 Å². The van der Waals surface area contributed by atoms with Crippen LogP contribution in [0.15, 0.2) is 30.3 Å². The van der Waals surface area contributed by atoms with Gasteiger partial charge in [-0.25, -0.2) is 4.18 Å². The predicted molar refractivity (Wildman–Crippen MR) is 52.6 cm³/mol. The van der Waals surface area contributed by atoms with Gasteiger partial charge in [0.05, 0.1) is 13.0 Å². The molecule has 96 valence electrons. The fraction of sp³-hybridized carbons (Fsp3) is 0.333. The molecule has 1 rings (SSSR count). The summed E-state index contributed by atoms with van der Waals surface area (Å²) in [7, 11) is -4.46. The highest BCUT2D eigenvalue weighted by atomic mass is 32.3. The summed E-state index contributed by atoms with van der Waals surface area (Å²) in [5, 5.41) is 0. The van der Waals surface area contributed by atoms with E-state index in [1.165, 1.54) is 24.3 Å². The van der Waals surface area contributed by atoms with E-state index in [0.717, 1.165) is 0 Å². The number of hydrogen-bond acceptors (Lipinski definition) is 4. The van der Waals surface area contributed by atoms with Gasteiger partial charge in [0, 0.05) is 0 Å². The van der Waals surface area contributed by atoms with Crippen LogP contribution in [0.5, 0.6) is 5.75 Å².